The van der Waals surface area contributed by atoms with Crippen LogP contribution in [0.1, 0.15) is 23.6 Å². The summed E-state index contributed by atoms with van der Waals surface area (Å²) in [6, 6.07) is 7.30. The van der Waals surface area contributed by atoms with Crippen molar-refractivity contribution in [1.82, 2.24) is 4.72 Å². The number of nitrogens with one attached hydrogen (secondary N) is 1. The predicted molar refractivity (Wildman–Crippen MR) is 90.6 cm³/mol. The summed E-state index contributed by atoms with van der Waals surface area (Å²) in [5.74, 6) is 0.188. The van der Waals surface area contributed by atoms with E-state index in [2.05, 4.69) is 20.7 Å². The molecule has 0 aliphatic rings. The molecule has 21 heavy (non-hydrogen) atoms. The van der Waals surface area contributed by atoms with E-state index in [-0.39, 0.29) is 12.5 Å². The molecule has 0 saturated heterocycles. The fourth-order valence-electron chi connectivity index (χ4n) is 1.99. The molecule has 0 aliphatic heterocycles. The third-order valence-corrected chi connectivity index (χ3v) is 7.63. The Bertz CT molecular complexity index is 652. The number of thiophene rings is 2. The van der Waals surface area contributed by atoms with Gasteiger partial charge >= 0.3 is 0 Å². The highest BCUT2D eigenvalue weighted by molar-refractivity contribution is 9.11. The molecule has 2 N–H and O–H groups in total. The highest BCUT2D eigenvalue weighted by atomic mass is 79.9. The smallest absolute Gasteiger partial charge is 0.250 e. The molecule has 2 rings (SSSR count). The molecule has 2 aromatic rings. The highest BCUT2D eigenvalue weighted by Gasteiger charge is 2.18. The van der Waals surface area contributed by atoms with E-state index in [0.717, 1.165) is 3.79 Å². The summed E-state index contributed by atoms with van der Waals surface area (Å²) in [5.41, 5.74) is 0. The zero-order valence-corrected chi connectivity index (χ0v) is 15.2. The molecule has 0 radical (unpaired) electrons. The lowest BCUT2D eigenvalue weighted by Crippen LogP contribution is -2.25. The molecule has 0 fully saturated rings. The molecule has 0 aromatic carbocycles. The highest BCUT2D eigenvalue weighted by Crippen LogP contribution is 2.28. The van der Waals surface area contributed by atoms with Gasteiger partial charge in [-0.3, -0.25) is 0 Å². The van der Waals surface area contributed by atoms with Gasteiger partial charge in [-0.15, -0.1) is 22.7 Å². The monoisotopic (exact) mass is 409 g/mol. The Balaban J connectivity index is 1.93. The minimum Gasteiger partial charge on any atom is -0.396 e. The Kier molecular flexibility index (Phi) is 6.39. The Morgan fingerprint density at radius 3 is 2.67 bits per heavy atom. The van der Waals surface area contributed by atoms with E-state index < -0.39 is 10.0 Å². The first-order valence-electron chi connectivity index (χ1n) is 6.42. The van der Waals surface area contributed by atoms with Gasteiger partial charge < -0.3 is 5.11 Å². The maximum absolute atomic E-state index is 12.1. The zero-order chi connectivity index (χ0) is 15.3. The van der Waals surface area contributed by atoms with Crippen molar-refractivity contribution in [3.05, 3.63) is 38.3 Å². The lowest BCUT2D eigenvalue weighted by atomic mass is 10.0. The van der Waals surface area contributed by atoms with Gasteiger partial charge in [-0.25, -0.2) is 13.1 Å². The second-order valence-corrected chi connectivity index (χ2v) is 9.91. The molecule has 1 atom stereocenters. The van der Waals surface area contributed by atoms with Crippen molar-refractivity contribution in [2.45, 2.75) is 23.0 Å². The third-order valence-electron chi connectivity index (χ3n) is 3.02. The molecule has 4 nitrogen and oxygen atoms in total. The first-order chi connectivity index (χ1) is 10.0. The van der Waals surface area contributed by atoms with Gasteiger partial charge in [0.25, 0.3) is 0 Å². The van der Waals surface area contributed by atoms with Gasteiger partial charge in [0.15, 0.2) is 0 Å². The average molecular weight is 410 g/mol. The zero-order valence-electron chi connectivity index (χ0n) is 11.2. The molecule has 8 heteroatoms. The van der Waals surface area contributed by atoms with Crippen LogP contribution >= 0.6 is 38.6 Å². The first kappa shape index (κ1) is 17.1. The van der Waals surface area contributed by atoms with Gasteiger partial charge in [-0.05, 0) is 58.3 Å². The van der Waals surface area contributed by atoms with E-state index in [1.807, 2.05) is 17.5 Å². The quantitative estimate of drug-likeness (QED) is 0.701. The maximum atomic E-state index is 12.1. The molecular formula is C13H16BrNO3S3. The molecule has 2 aromatic heterocycles. The number of aliphatic hydroxyl groups is 1. The number of hydrogen-bond acceptors (Lipinski definition) is 5. The summed E-state index contributed by atoms with van der Waals surface area (Å²) < 4.78 is 27.9. The number of sulfonamides is 1. The average Bonchev–Trinajstić information content (AvgIpc) is 3.08. The van der Waals surface area contributed by atoms with E-state index in [9.17, 15) is 8.42 Å². The largest absolute Gasteiger partial charge is 0.396 e. The van der Waals surface area contributed by atoms with Gasteiger partial charge in [-0.1, -0.05) is 6.07 Å². The fourth-order valence-corrected chi connectivity index (χ4v) is 5.99. The topological polar surface area (TPSA) is 66.4 Å². The van der Waals surface area contributed by atoms with E-state index in [4.69, 9.17) is 5.11 Å². The summed E-state index contributed by atoms with van der Waals surface area (Å²) in [7, 11) is -3.44. The van der Waals surface area contributed by atoms with Crippen LogP contribution in [-0.2, 0) is 10.0 Å². The van der Waals surface area contributed by atoms with Gasteiger partial charge in [0.05, 0.1) is 3.79 Å². The van der Waals surface area contributed by atoms with Crippen LogP contribution in [0.25, 0.3) is 0 Å². The summed E-state index contributed by atoms with van der Waals surface area (Å²) in [5, 5.41) is 11.1. The van der Waals surface area contributed by atoms with Crippen LogP contribution in [0.5, 0.6) is 0 Å². The van der Waals surface area contributed by atoms with E-state index in [1.165, 1.54) is 16.2 Å². The van der Waals surface area contributed by atoms with E-state index in [1.54, 1.807) is 23.5 Å². The molecular weight excluding hydrogens is 394 g/mol. The van der Waals surface area contributed by atoms with Crippen molar-refractivity contribution in [1.29, 1.82) is 0 Å². The van der Waals surface area contributed by atoms with Crippen molar-refractivity contribution in [2.75, 3.05) is 13.2 Å². The Morgan fingerprint density at radius 2 is 2.10 bits per heavy atom. The Hall–Kier alpha value is -0.250. The van der Waals surface area contributed by atoms with Crippen LogP contribution in [-0.4, -0.2) is 26.7 Å². The van der Waals surface area contributed by atoms with Crippen LogP contribution in [0, 0.1) is 0 Å². The molecule has 116 valence electrons. The second-order valence-electron chi connectivity index (χ2n) is 4.47. The van der Waals surface area contributed by atoms with E-state index >= 15 is 0 Å². The van der Waals surface area contributed by atoms with E-state index in [0.29, 0.717) is 23.6 Å². The SMILES string of the molecule is O=S(=O)(NCC[C@@H](CCO)c1cccs1)c1ccc(Br)s1. The van der Waals surface area contributed by atoms with Gasteiger partial charge in [-0.2, -0.15) is 0 Å². The van der Waals surface area contributed by atoms with Crippen molar-refractivity contribution in [2.24, 2.45) is 0 Å². The number of aliphatic hydroxyl groups excluding tert-OH is 1. The minimum atomic E-state index is -3.44. The molecule has 2 heterocycles. The van der Waals surface area contributed by atoms with Gasteiger partial charge in [0.1, 0.15) is 4.21 Å². The summed E-state index contributed by atoms with van der Waals surface area (Å²) in [6.07, 6.45) is 1.32. The Morgan fingerprint density at radius 1 is 1.29 bits per heavy atom. The van der Waals surface area contributed by atoms with Crippen LogP contribution in [0.4, 0.5) is 0 Å². The fraction of sp³-hybridized carbons (Fsp3) is 0.385. The number of hydrogen-bond donors (Lipinski definition) is 2. The van der Waals surface area contributed by atoms with Gasteiger partial charge in [0.2, 0.25) is 10.0 Å². The van der Waals surface area contributed by atoms with Crippen molar-refractivity contribution >= 4 is 48.6 Å². The summed E-state index contributed by atoms with van der Waals surface area (Å²) >= 11 is 6.09. The van der Waals surface area contributed by atoms with Gasteiger partial charge in [0, 0.05) is 18.0 Å². The maximum Gasteiger partial charge on any atom is 0.250 e. The van der Waals surface area contributed by atoms with Crippen molar-refractivity contribution < 1.29 is 13.5 Å². The lowest BCUT2D eigenvalue weighted by Gasteiger charge is -2.14. The van der Waals surface area contributed by atoms with Crippen molar-refractivity contribution in [3.63, 3.8) is 0 Å². The molecule has 0 unspecified atom stereocenters. The molecule has 0 bridgehead atoms. The Labute approximate surface area is 141 Å². The summed E-state index contributed by atoms with van der Waals surface area (Å²) in [4.78, 5) is 1.18. The normalized spacial score (nSPS) is 13.4. The first-order valence-corrected chi connectivity index (χ1v) is 10.4. The lowest BCUT2D eigenvalue weighted by molar-refractivity contribution is 0.273. The summed E-state index contributed by atoms with van der Waals surface area (Å²) in [6.45, 7) is 0.466. The molecule has 0 aliphatic carbocycles. The van der Waals surface area contributed by atoms with Crippen LogP contribution in [0.15, 0.2) is 37.6 Å². The molecule has 0 amide bonds. The van der Waals surface area contributed by atoms with Crippen molar-refractivity contribution in [3.8, 4) is 0 Å². The number of rotatable bonds is 8. The number of halogens is 1. The second kappa shape index (κ2) is 7.85. The molecule has 0 spiro atoms. The minimum absolute atomic E-state index is 0.104. The third kappa shape index (κ3) is 4.87. The van der Waals surface area contributed by atoms with Crippen LogP contribution in [0.3, 0.4) is 0 Å². The van der Waals surface area contributed by atoms with Crippen LogP contribution < -0.4 is 4.72 Å². The molecule has 0 saturated carbocycles. The predicted octanol–water partition coefficient (Wildman–Crippen LogP) is 3.41. The van der Waals surface area contributed by atoms with Crippen LogP contribution in [0.2, 0.25) is 0 Å². The standard InChI is InChI=1S/C13H16BrNO3S3/c14-12-3-4-13(20-12)21(17,18)15-7-5-10(6-8-16)11-2-1-9-19-11/h1-4,9-10,15-16H,5-8H2/t10-/m0/s1.